The molecule has 1 aromatic carbocycles. The van der Waals surface area contributed by atoms with Gasteiger partial charge in [-0.15, -0.1) is 0 Å². The number of piperidine rings is 1. The number of hydrogen-bond donors (Lipinski definition) is 1. The molecule has 1 N–H and O–H groups in total. The molecule has 4 nitrogen and oxygen atoms in total. The Hall–Kier alpha value is -1.55. The first-order valence-electron chi connectivity index (χ1n) is 6.13. The lowest BCUT2D eigenvalue weighted by molar-refractivity contribution is -0.121. The minimum atomic E-state index is 0.0297. The summed E-state index contributed by atoms with van der Waals surface area (Å²) in [5.74, 6) is 1.81. The Kier molecular flexibility index (Phi) is 3.87. The van der Waals surface area contributed by atoms with Crippen molar-refractivity contribution in [1.29, 1.82) is 0 Å². The summed E-state index contributed by atoms with van der Waals surface area (Å²) in [6, 6.07) is 5.94. The number of nitrogens with one attached hydrogen (secondary N) is 1. The Balaban J connectivity index is 2.29. The van der Waals surface area contributed by atoms with Crippen molar-refractivity contribution in [3.05, 3.63) is 23.8 Å². The summed E-state index contributed by atoms with van der Waals surface area (Å²) in [6.45, 7) is 2.03. The Morgan fingerprint density at radius 3 is 2.61 bits per heavy atom. The second-order valence-corrected chi connectivity index (χ2v) is 4.68. The molecule has 1 fully saturated rings. The van der Waals surface area contributed by atoms with Crippen molar-refractivity contribution in [3.8, 4) is 11.5 Å². The molecule has 98 valence electrons. The lowest BCUT2D eigenvalue weighted by Crippen LogP contribution is -2.39. The van der Waals surface area contributed by atoms with Gasteiger partial charge in [0, 0.05) is 36.6 Å². The largest absolute Gasteiger partial charge is 0.497 e. The number of rotatable bonds is 3. The van der Waals surface area contributed by atoms with E-state index in [-0.39, 0.29) is 12.1 Å². The van der Waals surface area contributed by atoms with E-state index in [4.69, 9.17) is 9.47 Å². The molecule has 18 heavy (non-hydrogen) atoms. The van der Waals surface area contributed by atoms with Gasteiger partial charge in [0.2, 0.25) is 0 Å². The predicted molar refractivity (Wildman–Crippen MR) is 69.1 cm³/mol. The van der Waals surface area contributed by atoms with Gasteiger partial charge in [0.05, 0.1) is 14.2 Å². The molecule has 0 aromatic heterocycles. The molecule has 0 unspecified atom stereocenters. The fourth-order valence-corrected chi connectivity index (χ4v) is 2.42. The minimum absolute atomic E-state index is 0.0297. The monoisotopic (exact) mass is 249 g/mol. The van der Waals surface area contributed by atoms with Crippen LogP contribution in [0.25, 0.3) is 0 Å². The highest BCUT2D eigenvalue weighted by Crippen LogP contribution is 2.33. The van der Waals surface area contributed by atoms with Crippen molar-refractivity contribution in [2.45, 2.75) is 31.8 Å². The van der Waals surface area contributed by atoms with E-state index in [0.29, 0.717) is 18.6 Å². The summed E-state index contributed by atoms with van der Waals surface area (Å²) in [6.07, 6.45) is 1.13. The van der Waals surface area contributed by atoms with Gasteiger partial charge in [-0.3, -0.25) is 4.79 Å². The van der Waals surface area contributed by atoms with Crippen LogP contribution in [-0.2, 0) is 4.79 Å². The number of hydrogen-bond acceptors (Lipinski definition) is 4. The topological polar surface area (TPSA) is 47.6 Å². The van der Waals surface area contributed by atoms with Gasteiger partial charge in [-0.2, -0.15) is 0 Å². The van der Waals surface area contributed by atoms with Crippen LogP contribution in [0.1, 0.15) is 31.4 Å². The molecular formula is C14H19NO3. The van der Waals surface area contributed by atoms with Gasteiger partial charge >= 0.3 is 0 Å². The van der Waals surface area contributed by atoms with E-state index >= 15 is 0 Å². The van der Waals surface area contributed by atoms with Crippen molar-refractivity contribution in [1.82, 2.24) is 5.32 Å². The zero-order valence-corrected chi connectivity index (χ0v) is 11.0. The molecule has 4 heteroatoms. The van der Waals surface area contributed by atoms with Crippen LogP contribution in [0.4, 0.5) is 0 Å². The first-order chi connectivity index (χ1) is 8.63. The minimum Gasteiger partial charge on any atom is -0.497 e. The molecule has 1 saturated heterocycles. The van der Waals surface area contributed by atoms with Crippen LogP contribution in [0.15, 0.2) is 18.2 Å². The molecule has 0 saturated carbocycles. The van der Waals surface area contributed by atoms with E-state index in [1.165, 1.54) is 0 Å². The zero-order valence-electron chi connectivity index (χ0n) is 11.0. The molecule has 0 aliphatic carbocycles. The Labute approximate surface area is 107 Å². The van der Waals surface area contributed by atoms with Crippen molar-refractivity contribution < 1.29 is 14.3 Å². The van der Waals surface area contributed by atoms with Gasteiger partial charge in [0.15, 0.2) is 0 Å². The summed E-state index contributed by atoms with van der Waals surface area (Å²) >= 11 is 0. The highest BCUT2D eigenvalue weighted by molar-refractivity contribution is 5.80. The summed E-state index contributed by atoms with van der Waals surface area (Å²) in [5.41, 5.74) is 1.01. The number of Topliss-reactive ketones (excluding diaryl/α,β-unsaturated/α-hetero) is 1. The maximum atomic E-state index is 11.7. The standard InChI is InChI=1S/C14H19NO3/c1-9-6-10(16)7-13(15-9)12-5-4-11(17-2)8-14(12)18-3/h4-5,8-9,13,15H,6-7H2,1-3H3/t9-,13-/m1/s1. The van der Waals surface area contributed by atoms with Gasteiger partial charge in [0.25, 0.3) is 0 Å². The van der Waals surface area contributed by atoms with Crippen LogP contribution in [0.3, 0.4) is 0 Å². The third kappa shape index (κ3) is 2.64. The summed E-state index contributed by atoms with van der Waals surface area (Å²) in [4.78, 5) is 11.7. The van der Waals surface area contributed by atoms with Crippen LogP contribution in [0, 0.1) is 0 Å². The third-order valence-corrected chi connectivity index (χ3v) is 3.27. The van der Waals surface area contributed by atoms with Crippen LogP contribution >= 0.6 is 0 Å². The molecule has 2 atom stereocenters. The Bertz CT molecular complexity index is 445. The van der Waals surface area contributed by atoms with E-state index in [1.807, 2.05) is 25.1 Å². The molecule has 0 radical (unpaired) electrons. The first kappa shape index (κ1) is 12.9. The van der Waals surface area contributed by atoms with Crippen LogP contribution in [0.2, 0.25) is 0 Å². The van der Waals surface area contributed by atoms with Gasteiger partial charge in [-0.05, 0) is 13.0 Å². The number of carbonyl (C=O) groups is 1. The summed E-state index contributed by atoms with van der Waals surface area (Å²) in [7, 11) is 3.26. The molecule has 1 heterocycles. The predicted octanol–water partition coefficient (Wildman–Crippen LogP) is 2.09. The molecule has 1 aromatic rings. The Morgan fingerprint density at radius 2 is 2.00 bits per heavy atom. The molecule has 0 bridgehead atoms. The van der Waals surface area contributed by atoms with Crippen molar-refractivity contribution >= 4 is 5.78 Å². The SMILES string of the molecule is COc1ccc([C@H]2CC(=O)C[C@@H](C)N2)c(OC)c1. The fraction of sp³-hybridized carbons (Fsp3) is 0.500. The first-order valence-corrected chi connectivity index (χ1v) is 6.13. The number of ether oxygens (including phenoxy) is 2. The number of carbonyl (C=O) groups excluding carboxylic acids is 1. The molecule has 1 aliphatic heterocycles. The fourth-order valence-electron chi connectivity index (χ4n) is 2.42. The van der Waals surface area contributed by atoms with Crippen molar-refractivity contribution in [3.63, 3.8) is 0 Å². The van der Waals surface area contributed by atoms with Crippen molar-refractivity contribution in [2.24, 2.45) is 0 Å². The second-order valence-electron chi connectivity index (χ2n) is 4.68. The van der Waals surface area contributed by atoms with Gasteiger partial charge in [0.1, 0.15) is 17.3 Å². The average Bonchev–Trinajstić information content (AvgIpc) is 2.36. The normalized spacial score (nSPS) is 23.8. The van der Waals surface area contributed by atoms with Crippen LogP contribution in [0.5, 0.6) is 11.5 Å². The van der Waals surface area contributed by atoms with E-state index < -0.39 is 0 Å². The maximum Gasteiger partial charge on any atom is 0.136 e. The van der Waals surface area contributed by atoms with Crippen LogP contribution < -0.4 is 14.8 Å². The maximum absolute atomic E-state index is 11.7. The van der Waals surface area contributed by atoms with E-state index in [9.17, 15) is 4.79 Å². The summed E-state index contributed by atoms with van der Waals surface area (Å²) in [5, 5.41) is 3.43. The summed E-state index contributed by atoms with van der Waals surface area (Å²) < 4.78 is 10.6. The van der Waals surface area contributed by atoms with Gasteiger partial charge in [-0.25, -0.2) is 0 Å². The lowest BCUT2D eigenvalue weighted by Gasteiger charge is -2.29. The van der Waals surface area contributed by atoms with E-state index in [2.05, 4.69) is 5.32 Å². The molecule has 0 spiro atoms. The molecule has 2 rings (SSSR count). The van der Waals surface area contributed by atoms with Crippen LogP contribution in [-0.4, -0.2) is 26.0 Å². The zero-order chi connectivity index (χ0) is 13.1. The number of benzene rings is 1. The quantitative estimate of drug-likeness (QED) is 0.891. The lowest BCUT2D eigenvalue weighted by atomic mass is 9.92. The smallest absolute Gasteiger partial charge is 0.136 e. The highest BCUT2D eigenvalue weighted by atomic mass is 16.5. The third-order valence-electron chi connectivity index (χ3n) is 3.27. The number of methoxy groups -OCH3 is 2. The molecule has 0 amide bonds. The van der Waals surface area contributed by atoms with E-state index in [1.54, 1.807) is 14.2 Å². The molecule has 1 aliphatic rings. The second kappa shape index (κ2) is 5.40. The highest BCUT2D eigenvalue weighted by Gasteiger charge is 2.27. The van der Waals surface area contributed by atoms with Gasteiger partial charge in [-0.1, -0.05) is 6.07 Å². The molecular weight excluding hydrogens is 230 g/mol. The van der Waals surface area contributed by atoms with E-state index in [0.717, 1.165) is 17.1 Å². The van der Waals surface area contributed by atoms with Crippen molar-refractivity contribution in [2.75, 3.05) is 14.2 Å². The average molecular weight is 249 g/mol. The Morgan fingerprint density at radius 1 is 1.22 bits per heavy atom. The number of ketones is 1. The van der Waals surface area contributed by atoms with Gasteiger partial charge < -0.3 is 14.8 Å².